The number of ketones is 1. The van der Waals surface area contributed by atoms with Crippen molar-refractivity contribution in [2.24, 2.45) is 0 Å². The number of benzene rings is 2. The standard InChI is InChI=1S/C15H13NO5.C2H5Cl/c1-20-13-8-11(12(16(18)19)9-14(13)21-2)15(17)10-6-4-3-5-7-10;1-2-3/h3-9H,1-2H3;2H2,1H3. The fourth-order valence-electron chi connectivity index (χ4n) is 1.95. The largest absolute Gasteiger partial charge is 0.493 e. The first-order chi connectivity index (χ1) is 11.5. The maximum Gasteiger partial charge on any atom is 0.284 e. The fraction of sp³-hybridized carbons (Fsp3) is 0.235. The number of nitro groups is 1. The average Bonchev–Trinajstić information content (AvgIpc) is 2.61. The van der Waals surface area contributed by atoms with Gasteiger partial charge in [0.2, 0.25) is 0 Å². The highest BCUT2D eigenvalue weighted by molar-refractivity contribution is 6.17. The highest BCUT2D eigenvalue weighted by Gasteiger charge is 2.25. The Labute approximate surface area is 145 Å². The van der Waals surface area contributed by atoms with Crippen LogP contribution in [0, 0.1) is 10.1 Å². The second kappa shape index (κ2) is 9.52. The van der Waals surface area contributed by atoms with Crippen LogP contribution in [0.3, 0.4) is 0 Å². The summed E-state index contributed by atoms with van der Waals surface area (Å²) in [4.78, 5) is 23.0. The quantitative estimate of drug-likeness (QED) is 0.351. The number of nitro benzene ring substituents is 1. The molecule has 0 spiro atoms. The number of hydrogen-bond donors (Lipinski definition) is 0. The highest BCUT2D eigenvalue weighted by atomic mass is 35.5. The van der Waals surface area contributed by atoms with Crippen molar-refractivity contribution in [1.29, 1.82) is 0 Å². The van der Waals surface area contributed by atoms with Crippen LogP contribution in [-0.2, 0) is 0 Å². The molecule has 0 radical (unpaired) electrons. The van der Waals surface area contributed by atoms with Crippen molar-refractivity contribution in [3.05, 3.63) is 63.7 Å². The van der Waals surface area contributed by atoms with E-state index in [2.05, 4.69) is 0 Å². The van der Waals surface area contributed by atoms with Crippen molar-refractivity contribution in [3.8, 4) is 11.5 Å². The van der Waals surface area contributed by atoms with E-state index in [-0.39, 0.29) is 22.7 Å². The Kier molecular flexibility index (Phi) is 7.71. The molecule has 0 unspecified atom stereocenters. The van der Waals surface area contributed by atoms with Crippen molar-refractivity contribution in [1.82, 2.24) is 0 Å². The van der Waals surface area contributed by atoms with Gasteiger partial charge in [0.1, 0.15) is 5.56 Å². The molecule has 0 aliphatic heterocycles. The van der Waals surface area contributed by atoms with Crippen LogP contribution in [0.4, 0.5) is 5.69 Å². The third kappa shape index (κ3) is 4.70. The molecule has 0 N–H and O–H groups in total. The lowest BCUT2D eigenvalue weighted by molar-refractivity contribution is -0.385. The number of carbonyl (C=O) groups excluding carboxylic acids is 1. The van der Waals surface area contributed by atoms with Crippen LogP contribution < -0.4 is 9.47 Å². The van der Waals surface area contributed by atoms with Crippen molar-refractivity contribution in [3.63, 3.8) is 0 Å². The lowest BCUT2D eigenvalue weighted by Gasteiger charge is -2.10. The van der Waals surface area contributed by atoms with E-state index in [0.29, 0.717) is 5.56 Å². The van der Waals surface area contributed by atoms with Crippen LogP contribution in [-0.4, -0.2) is 30.8 Å². The molecule has 0 saturated carbocycles. The third-order valence-corrected chi connectivity index (χ3v) is 2.98. The Morgan fingerprint density at radius 2 is 1.62 bits per heavy atom. The summed E-state index contributed by atoms with van der Waals surface area (Å²) in [7, 11) is 2.78. The van der Waals surface area contributed by atoms with Gasteiger partial charge in [-0.05, 0) is 0 Å². The molecule has 6 nitrogen and oxygen atoms in total. The molecule has 2 rings (SSSR count). The van der Waals surface area contributed by atoms with Crippen molar-refractivity contribution in [2.45, 2.75) is 6.92 Å². The van der Waals surface area contributed by atoms with Crippen molar-refractivity contribution in [2.75, 3.05) is 20.1 Å². The number of halogens is 1. The van der Waals surface area contributed by atoms with Crippen LogP contribution >= 0.6 is 11.6 Å². The maximum absolute atomic E-state index is 12.4. The summed E-state index contributed by atoms with van der Waals surface area (Å²) in [5.41, 5.74) is 0.0122. The van der Waals surface area contributed by atoms with E-state index >= 15 is 0 Å². The number of nitrogens with zero attached hydrogens (tertiary/aromatic N) is 1. The minimum absolute atomic E-state index is 0.0381. The van der Waals surface area contributed by atoms with E-state index in [4.69, 9.17) is 21.1 Å². The Hall–Kier alpha value is -2.60. The summed E-state index contributed by atoms with van der Waals surface area (Å²) in [6.45, 7) is 1.89. The van der Waals surface area contributed by atoms with Gasteiger partial charge in [0.25, 0.3) is 5.69 Å². The molecule has 0 heterocycles. The maximum atomic E-state index is 12.4. The molecule has 2 aromatic rings. The highest BCUT2D eigenvalue weighted by Crippen LogP contribution is 2.35. The fourth-order valence-corrected chi connectivity index (χ4v) is 1.95. The molecule has 0 atom stereocenters. The summed E-state index contributed by atoms with van der Waals surface area (Å²) in [6.07, 6.45) is 0. The summed E-state index contributed by atoms with van der Waals surface area (Å²) in [5.74, 6) is 0.749. The Bertz CT molecular complexity index is 704. The van der Waals surface area contributed by atoms with E-state index < -0.39 is 10.7 Å². The number of rotatable bonds is 5. The molecule has 2 aromatic carbocycles. The van der Waals surface area contributed by atoms with Gasteiger partial charge >= 0.3 is 0 Å². The lowest BCUT2D eigenvalue weighted by atomic mass is 10.0. The van der Waals surface area contributed by atoms with Crippen LogP contribution in [0.1, 0.15) is 22.8 Å². The minimum atomic E-state index is -0.613. The van der Waals surface area contributed by atoms with Crippen LogP contribution in [0.25, 0.3) is 0 Å². The molecule has 7 heteroatoms. The zero-order valence-corrected chi connectivity index (χ0v) is 14.4. The Balaban J connectivity index is 0.000000891. The first-order valence-corrected chi connectivity index (χ1v) is 7.59. The Morgan fingerprint density at radius 3 is 2.08 bits per heavy atom. The third-order valence-electron chi connectivity index (χ3n) is 2.98. The first kappa shape index (κ1) is 19.4. The molecule has 24 heavy (non-hydrogen) atoms. The Morgan fingerprint density at radius 1 is 1.12 bits per heavy atom. The first-order valence-electron chi connectivity index (χ1n) is 7.06. The van der Waals surface area contributed by atoms with E-state index in [1.807, 2.05) is 6.92 Å². The van der Waals surface area contributed by atoms with Gasteiger partial charge in [-0.25, -0.2) is 0 Å². The number of methoxy groups -OCH3 is 2. The average molecular weight is 352 g/mol. The summed E-state index contributed by atoms with van der Waals surface area (Å²) >= 11 is 5.00. The van der Waals surface area contributed by atoms with Crippen LogP contribution in [0.15, 0.2) is 42.5 Å². The molecule has 0 saturated heterocycles. The predicted octanol–water partition coefficient (Wildman–Crippen LogP) is 4.09. The van der Waals surface area contributed by atoms with Gasteiger partial charge in [-0.2, -0.15) is 0 Å². The zero-order chi connectivity index (χ0) is 18.1. The summed E-state index contributed by atoms with van der Waals surface area (Å²) < 4.78 is 10.1. The molecule has 0 aliphatic rings. The molecule has 0 aromatic heterocycles. The minimum Gasteiger partial charge on any atom is -0.493 e. The van der Waals surface area contributed by atoms with Gasteiger partial charge in [0, 0.05) is 17.5 Å². The zero-order valence-electron chi connectivity index (χ0n) is 13.6. The monoisotopic (exact) mass is 351 g/mol. The van der Waals surface area contributed by atoms with Crippen LogP contribution in [0.2, 0.25) is 0 Å². The van der Waals surface area contributed by atoms with Crippen LogP contribution in [0.5, 0.6) is 11.5 Å². The van der Waals surface area contributed by atoms with E-state index in [1.165, 1.54) is 26.4 Å². The topological polar surface area (TPSA) is 78.7 Å². The molecular weight excluding hydrogens is 334 g/mol. The summed E-state index contributed by atoms with van der Waals surface area (Å²) in [5, 5.41) is 11.2. The molecule has 0 aliphatic carbocycles. The smallest absolute Gasteiger partial charge is 0.284 e. The van der Waals surface area contributed by atoms with Gasteiger partial charge in [0.05, 0.1) is 25.2 Å². The van der Waals surface area contributed by atoms with Crippen molar-refractivity contribution >= 4 is 23.1 Å². The SMILES string of the molecule is CCCl.COc1cc(C(=O)c2ccccc2)c([N+](=O)[O-])cc1OC. The van der Waals surface area contributed by atoms with Gasteiger partial charge in [-0.1, -0.05) is 37.3 Å². The molecule has 0 amide bonds. The van der Waals surface area contributed by atoms with E-state index in [1.54, 1.807) is 30.3 Å². The number of hydrogen-bond acceptors (Lipinski definition) is 5. The number of carbonyl (C=O) groups is 1. The second-order valence-electron chi connectivity index (χ2n) is 4.44. The normalized spacial score (nSPS) is 9.50. The molecule has 128 valence electrons. The van der Waals surface area contributed by atoms with Gasteiger partial charge in [-0.3, -0.25) is 14.9 Å². The van der Waals surface area contributed by atoms with Crippen molar-refractivity contribution < 1.29 is 19.2 Å². The second-order valence-corrected chi connectivity index (χ2v) is 4.98. The number of ether oxygens (including phenoxy) is 2. The molecule has 0 fully saturated rings. The molecular formula is C17H18ClNO5. The number of alkyl halides is 1. The lowest BCUT2D eigenvalue weighted by Crippen LogP contribution is -2.06. The predicted molar refractivity (Wildman–Crippen MR) is 92.5 cm³/mol. The summed E-state index contributed by atoms with van der Waals surface area (Å²) in [6, 6.07) is 10.9. The van der Waals surface area contributed by atoms with Gasteiger partial charge in [0.15, 0.2) is 17.3 Å². The van der Waals surface area contributed by atoms with Gasteiger partial charge < -0.3 is 9.47 Å². The molecule has 0 bridgehead atoms. The van der Waals surface area contributed by atoms with Gasteiger partial charge in [-0.15, -0.1) is 11.6 Å². The van der Waals surface area contributed by atoms with E-state index in [0.717, 1.165) is 5.88 Å². The van der Waals surface area contributed by atoms with E-state index in [9.17, 15) is 14.9 Å².